The molecule has 2 aliphatic rings. The SMILES string of the molecule is CCCOCC1CC(CC)CCC1CNC1CC1. The first-order chi connectivity index (χ1) is 8.83. The first kappa shape index (κ1) is 14.3. The number of hydrogen-bond acceptors (Lipinski definition) is 2. The molecule has 3 unspecified atom stereocenters. The van der Waals surface area contributed by atoms with Crippen molar-refractivity contribution in [3.05, 3.63) is 0 Å². The van der Waals surface area contributed by atoms with Gasteiger partial charge in [0.25, 0.3) is 0 Å². The third-order valence-electron chi connectivity index (χ3n) is 4.75. The quantitative estimate of drug-likeness (QED) is 0.667. The molecule has 2 heteroatoms. The van der Waals surface area contributed by atoms with E-state index in [2.05, 4.69) is 19.2 Å². The minimum Gasteiger partial charge on any atom is -0.381 e. The van der Waals surface area contributed by atoms with E-state index >= 15 is 0 Å². The molecule has 0 aromatic heterocycles. The van der Waals surface area contributed by atoms with Crippen LogP contribution in [0.4, 0.5) is 0 Å². The normalized spacial score (nSPS) is 32.7. The Hall–Kier alpha value is -0.0800. The van der Waals surface area contributed by atoms with Gasteiger partial charge in [-0.1, -0.05) is 26.7 Å². The molecule has 0 amide bonds. The van der Waals surface area contributed by atoms with Crippen LogP contribution in [0.1, 0.15) is 58.8 Å². The van der Waals surface area contributed by atoms with Crippen LogP contribution in [0, 0.1) is 17.8 Å². The van der Waals surface area contributed by atoms with Crippen LogP contribution in [0.5, 0.6) is 0 Å². The number of nitrogens with one attached hydrogen (secondary N) is 1. The summed E-state index contributed by atoms with van der Waals surface area (Å²) in [6.45, 7) is 7.72. The van der Waals surface area contributed by atoms with Gasteiger partial charge in [-0.25, -0.2) is 0 Å². The Balaban J connectivity index is 1.75. The van der Waals surface area contributed by atoms with E-state index in [9.17, 15) is 0 Å². The van der Waals surface area contributed by atoms with Crippen LogP contribution in [-0.2, 0) is 4.74 Å². The van der Waals surface area contributed by atoms with Crippen molar-refractivity contribution in [3.63, 3.8) is 0 Å². The molecule has 0 radical (unpaired) electrons. The van der Waals surface area contributed by atoms with Gasteiger partial charge in [-0.2, -0.15) is 0 Å². The maximum atomic E-state index is 5.84. The van der Waals surface area contributed by atoms with Crippen LogP contribution >= 0.6 is 0 Å². The predicted octanol–water partition coefficient (Wildman–Crippen LogP) is 3.61. The van der Waals surface area contributed by atoms with Gasteiger partial charge in [0, 0.05) is 19.3 Å². The van der Waals surface area contributed by atoms with E-state index in [1.54, 1.807) is 0 Å². The van der Waals surface area contributed by atoms with Gasteiger partial charge in [0.15, 0.2) is 0 Å². The predicted molar refractivity (Wildman–Crippen MR) is 76.7 cm³/mol. The van der Waals surface area contributed by atoms with Gasteiger partial charge >= 0.3 is 0 Å². The number of rotatable bonds is 8. The van der Waals surface area contributed by atoms with Crippen molar-refractivity contribution in [2.45, 2.75) is 64.8 Å². The summed E-state index contributed by atoms with van der Waals surface area (Å²) in [5, 5.41) is 3.72. The van der Waals surface area contributed by atoms with Crippen molar-refractivity contribution in [2.24, 2.45) is 17.8 Å². The van der Waals surface area contributed by atoms with Crippen molar-refractivity contribution in [1.82, 2.24) is 5.32 Å². The molecule has 0 saturated heterocycles. The van der Waals surface area contributed by atoms with E-state index in [0.717, 1.165) is 43.4 Å². The lowest BCUT2D eigenvalue weighted by Gasteiger charge is -2.36. The third-order valence-corrected chi connectivity index (χ3v) is 4.75. The molecule has 2 fully saturated rings. The zero-order chi connectivity index (χ0) is 12.8. The molecule has 0 aromatic carbocycles. The average molecular weight is 253 g/mol. The molecule has 0 heterocycles. The highest BCUT2D eigenvalue weighted by molar-refractivity contribution is 4.86. The first-order valence-corrected chi connectivity index (χ1v) is 8.14. The van der Waals surface area contributed by atoms with Gasteiger partial charge in [0.1, 0.15) is 0 Å². The highest BCUT2D eigenvalue weighted by Gasteiger charge is 2.31. The van der Waals surface area contributed by atoms with Crippen molar-refractivity contribution in [3.8, 4) is 0 Å². The zero-order valence-corrected chi connectivity index (χ0v) is 12.3. The van der Waals surface area contributed by atoms with E-state index < -0.39 is 0 Å². The maximum absolute atomic E-state index is 5.84. The lowest BCUT2D eigenvalue weighted by Crippen LogP contribution is -2.36. The second-order valence-electron chi connectivity index (χ2n) is 6.36. The average Bonchev–Trinajstić information content (AvgIpc) is 3.21. The molecule has 2 aliphatic carbocycles. The third kappa shape index (κ3) is 4.55. The molecule has 106 valence electrons. The van der Waals surface area contributed by atoms with Crippen molar-refractivity contribution in [2.75, 3.05) is 19.8 Å². The van der Waals surface area contributed by atoms with Crippen LogP contribution in [0.15, 0.2) is 0 Å². The van der Waals surface area contributed by atoms with Gasteiger partial charge in [0.05, 0.1) is 0 Å². The molecule has 2 rings (SSSR count). The molecule has 2 nitrogen and oxygen atoms in total. The molecule has 1 N–H and O–H groups in total. The standard InChI is InChI=1S/C16H31NO/c1-3-9-18-12-15-10-13(4-2)5-6-14(15)11-17-16-7-8-16/h13-17H,3-12H2,1-2H3. The fourth-order valence-electron chi connectivity index (χ4n) is 3.25. The van der Waals surface area contributed by atoms with Crippen LogP contribution in [0.3, 0.4) is 0 Å². The van der Waals surface area contributed by atoms with E-state index in [0.29, 0.717) is 0 Å². The second kappa shape index (κ2) is 7.49. The van der Waals surface area contributed by atoms with Crippen LogP contribution in [0.25, 0.3) is 0 Å². The molecule has 3 atom stereocenters. The second-order valence-corrected chi connectivity index (χ2v) is 6.36. The van der Waals surface area contributed by atoms with Gasteiger partial charge in [-0.05, 0) is 56.4 Å². The van der Waals surface area contributed by atoms with Crippen molar-refractivity contribution >= 4 is 0 Å². The molecule has 0 bridgehead atoms. The van der Waals surface area contributed by atoms with E-state index in [-0.39, 0.29) is 0 Å². The molecular formula is C16H31NO. The lowest BCUT2D eigenvalue weighted by molar-refractivity contribution is 0.0442. The highest BCUT2D eigenvalue weighted by Crippen LogP contribution is 2.36. The molecule has 2 saturated carbocycles. The smallest absolute Gasteiger partial charge is 0.0497 e. The van der Waals surface area contributed by atoms with E-state index in [1.165, 1.54) is 45.1 Å². The Bertz CT molecular complexity index is 227. The van der Waals surface area contributed by atoms with Gasteiger partial charge in [-0.15, -0.1) is 0 Å². The fraction of sp³-hybridized carbons (Fsp3) is 1.00. The Morgan fingerprint density at radius 3 is 2.56 bits per heavy atom. The number of ether oxygens (including phenoxy) is 1. The monoisotopic (exact) mass is 253 g/mol. The number of hydrogen-bond donors (Lipinski definition) is 1. The molecular weight excluding hydrogens is 222 g/mol. The minimum atomic E-state index is 0.807. The summed E-state index contributed by atoms with van der Waals surface area (Å²) in [5.74, 6) is 2.63. The first-order valence-electron chi connectivity index (χ1n) is 8.14. The van der Waals surface area contributed by atoms with Gasteiger partial charge in [-0.3, -0.25) is 0 Å². The summed E-state index contributed by atoms with van der Waals surface area (Å²) in [6.07, 6.45) is 9.57. The molecule has 0 aliphatic heterocycles. The Morgan fingerprint density at radius 2 is 1.89 bits per heavy atom. The van der Waals surface area contributed by atoms with Gasteiger partial charge in [0.2, 0.25) is 0 Å². The van der Waals surface area contributed by atoms with Crippen molar-refractivity contribution < 1.29 is 4.74 Å². The zero-order valence-electron chi connectivity index (χ0n) is 12.3. The minimum absolute atomic E-state index is 0.807. The molecule has 18 heavy (non-hydrogen) atoms. The topological polar surface area (TPSA) is 21.3 Å². The summed E-state index contributed by atoms with van der Waals surface area (Å²) in [4.78, 5) is 0. The summed E-state index contributed by atoms with van der Waals surface area (Å²) >= 11 is 0. The summed E-state index contributed by atoms with van der Waals surface area (Å²) in [7, 11) is 0. The highest BCUT2D eigenvalue weighted by atomic mass is 16.5. The van der Waals surface area contributed by atoms with Crippen LogP contribution in [-0.4, -0.2) is 25.8 Å². The van der Waals surface area contributed by atoms with Gasteiger partial charge < -0.3 is 10.1 Å². The molecule has 0 spiro atoms. The maximum Gasteiger partial charge on any atom is 0.0497 e. The van der Waals surface area contributed by atoms with Crippen molar-refractivity contribution in [1.29, 1.82) is 0 Å². The van der Waals surface area contributed by atoms with E-state index in [4.69, 9.17) is 4.74 Å². The van der Waals surface area contributed by atoms with E-state index in [1.807, 2.05) is 0 Å². The fourth-order valence-corrected chi connectivity index (χ4v) is 3.25. The molecule has 0 aromatic rings. The summed E-state index contributed by atoms with van der Waals surface area (Å²) in [5.41, 5.74) is 0. The summed E-state index contributed by atoms with van der Waals surface area (Å²) < 4.78 is 5.84. The Kier molecular flexibility index (Phi) is 5.97. The largest absolute Gasteiger partial charge is 0.381 e. The van der Waals surface area contributed by atoms with Crippen LogP contribution < -0.4 is 5.32 Å². The Morgan fingerprint density at radius 1 is 1.06 bits per heavy atom. The Labute approximate surface area is 113 Å². The summed E-state index contributed by atoms with van der Waals surface area (Å²) in [6, 6.07) is 0.853. The lowest BCUT2D eigenvalue weighted by atomic mass is 9.73. The van der Waals surface area contributed by atoms with Crippen LogP contribution in [0.2, 0.25) is 0 Å².